The van der Waals surface area contributed by atoms with Gasteiger partial charge in [-0.05, 0) is 38.1 Å². The Balaban J connectivity index is 1.92. The third kappa shape index (κ3) is 3.82. The van der Waals surface area contributed by atoms with Crippen molar-refractivity contribution in [3.8, 4) is 17.0 Å². The summed E-state index contributed by atoms with van der Waals surface area (Å²) in [6.07, 6.45) is 0. The van der Waals surface area contributed by atoms with Crippen molar-refractivity contribution in [3.63, 3.8) is 0 Å². The minimum atomic E-state index is -0.794. The Morgan fingerprint density at radius 3 is 2.61 bits per heavy atom. The molecule has 2 aromatic carbocycles. The quantitative estimate of drug-likeness (QED) is 0.461. The first-order chi connectivity index (χ1) is 15.0. The number of amides is 1. The van der Waals surface area contributed by atoms with E-state index in [4.69, 9.17) is 9.47 Å². The van der Waals surface area contributed by atoms with Gasteiger partial charge in [-0.15, -0.1) is 0 Å². The zero-order valence-corrected chi connectivity index (χ0v) is 17.6. The van der Waals surface area contributed by atoms with Crippen LogP contribution in [0.15, 0.2) is 54.6 Å². The van der Waals surface area contributed by atoms with Gasteiger partial charge in [0.05, 0.1) is 24.9 Å². The maximum Gasteiger partial charge on any atom is 0.328 e. The number of nitrogens with zero attached hydrogens (tertiary/aromatic N) is 1. The number of nitrogens with one attached hydrogen (secondary N) is 2. The van der Waals surface area contributed by atoms with Crippen LogP contribution in [0.4, 0.5) is 0 Å². The molecule has 0 radical (unpaired) electrons. The summed E-state index contributed by atoms with van der Waals surface area (Å²) in [5.74, 6) is -0.304. The van der Waals surface area contributed by atoms with Gasteiger partial charge in [-0.2, -0.15) is 0 Å². The summed E-state index contributed by atoms with van der Waals surface area (Å²) in [5.41, 5.74) is 3.33. The number of ether oxygens (including phenoxy) is 2. The fraction of sp³-hybridized carbons (Fsp3) is 0.208. The first-order valence-corrected chi connectivity index (χ1v) is 10.1. The molecule has 4 aromatic rings. The number of hydrogen-bond donors (Lipinski definition) is 2. The predicted molar refractivity (Wildman–Crippen MR) is 119 cm³/mol. The molecule has 31 heavy (non-hydrogen) atoms. The highest BCUT2D eigenvalue weighted by molar-refractivity contribution is 6.13. The topological polar surface area (TPSA) is 93.3 Å². The van der Waals surface area contributed by atoms with Crippen LogP contribution in [0, 0.1) is 0 Å². The Bertz CT molecular complexity index is 1280. The van der Waals surface area contributed by atoms with Gasteiger partial charge < -0.3 is 19.8 Å². The second kappa shape index (κ2) is 8.47. The van der Waals surface area contributed by atoms with Crippen molar-refractivity contribution in [2.75, 3.05) is 13.7 Å². The number of carbonyl (C=O) groups is 2. The van der Waals surface area contributed by atoms with Crippen LogP contribution in [0.2, 0.25) is 0 Å². The smallest absolute Gasteiger partial charge is 0.328 e. The zero-order valence-electron chi connectivity index (χ0n) is 17.6. The number of methoxy groups -OCH3 is 1. The highest BCUT2D eigenvalue weighted by atomic mass is 16.5. The van der Waals surface area contributed by atoms with Crippen LogP contribution in [-0.4, -0.2) is 41.6 Å². The fourth-order valence-electron chi connectivity index (χ4n) is 3.61. The van der Waals surface area contributed by atoms with Crippen molar-refractivity contribution >= 4 is 33.7 Å². The van der Waals surface area contributed by atoms with Gasteiger partial charge in [-0.1, -0.05) is 30.3 Å². The van der Waals surface area contributed by atoms with E-state index in [1.807, 2.05) is 55.5 Å². The number of aromatic nitrogens is 2. The second-order valence-electron chi connectivity index (χ2n) is 7.10. The Morgan fingerprint density at radius 2 is 1.84 bits per heavy atom. The molecule has 7 nitrogen and oxygen atoms in total. The van der Waals surface area contributed by atoms with Crippen molar-refractivity contribution in [1.29, 1.82) is 0 Å². The lowest BCUT2D eigenvalue weighted by Crippen LogP contribution is -2.39. The Labute approximate surface area is 179 Å². The van der Waals surface area contributed by atoms with Crippen LogP contribution in [0.5, 0.6) is 5.75 Å². The van der Waals surface area contributed by atoms with Crippen molar-refractivity contribution in [2.24, 2.45) is 0 Å². The van der Waals surface area contributed by atoms with Crippen molar-refractivity contribution < 1.29 is 19.1 Å². The average Bonchev–Trinajstić information content (AvgIpc) is 3.17. The lowest BCUT2D eigenvalue weighted by Gasteiger charge is -2.14. The first-order valence-electron chi connectivity index (χ1n) is 10.1. The number of hydrogen-bond acceptors (Lipinski definition) is 5. The molecule has 0 bridgehead atoms. The molecular formula is C24H23N3O4. The molecule has 1 atom stereocenters. The molecule has 0 saturated carbocycles. The van der Waals surface area contributed by atoms with E-state index in [9.17, 15) is 9.59 Å². The third-order valence-corrected chi connectivity index (χ3v) is 5.07. The maximum atomic E-state index is 12.9. The van der Waals surface area contributed by atoms with Crippen molar-refractivity contribution in [1.82, 2.24) is 15.3 Å². The van der Waals surface area contributed by atoms with Gasteiger partial charge in [-0.25, -0.2) is 9.78 Å². The van der Waals surface area contributed by atoms with Gasteiger partial charge in [0, 0.05) is 21.9 Å². The van der Waals surface area contributed by atoms with Gasteiger partial charge in [0.2, 0.25) is 0 Å². The van der Waals surface area contributed by atoms with Gasteiger partial charge in [0.15, 0.2) is 0 Å². The van der Waals surface area contributed by atoms with Crippen LogP contribution in [0.1, 0.15) is 24.3 Å². The van der Waals surface area contributed by atoms with Crippen LogP contribution < -0.4 is 10.1 Å². The number of pyridine rings is 1. The number of rotatable bonds is 6. The van der Waals surface area contributed by atoms with E-state index in [1.54, 1.807) is 13.0 Å². The Hall–Kier alpha value is -3.87. The number of H-pyrrole nitrogens is 1. The molecule has 1 amide bonds. The standard InChI is InChI=1S/C24H23N3O4/c1-4-31-20-12-8-6-10-16(20)21-22-17(15-9-5-7-11-18(15)26-22)13-19(27-21)23(28)25-14(2)24(29)30-3/h5-14,26H,4H2,1-3H3,(H,25,28)/t14-/m1/s1. The van der Waals surface area contributed by atoms with Crippen LogP contribution >= 0.6 is 0 Å². The SMILES string of the molecule is CCOc1ccccc1-c1nc(C(=O)N[C@H](C)C(=O)OC)cc2c1[nH]c1ccccc12. The third-order valence-electron chi connectivity index (χ3n) is 5.07. The highest BCUT2D eigenvalue weighted by Gasteiger charge is 2.22. The van der Waals surface area contributed by atoms with Crippen LogP contribution in [0.25, 0.3) is 33.1 Å². The summed E-state index contributed by atoms with van der Waals surface area (Å²) in [4.78, 5) is 32.8. The molecule has 0 aliphatic carbocycles. The normalized spacial score (nSPS) is 12.0. The second-order valence-corrected chi connectivity index (χ2v) is 7.10. The van der Waals surface area contributed by atoms with E-state index < -0.39 is 17.9 Å². The highest BCUT2D eigenvalue weighted by Crippen LogP contribution is 2.36. The summed E-state index contributed by atoms with van der Waals surface area (Å²) in [5, 5.41) is 4.49. The van der Waals surface area contributed by atoms with Gasteiger partial charge >= 0.3 is 5.97 Å². The fourth-order valence-corrected chi connectivity index (χ4v) is 3.61. The number of benzene rings is 2. The van der Waals surface area contributed by atoms with Gasteiger partial charge in [0.1, 0.15) is 17.5 Å². The van der Waals surface area contributed by atoms with E-state index in [0.29, 0.717) is 18.1 Å². The number of para-hydroxylation sites is 2. The molecule has 0 fully saturated rings. The molecule has 0 unspecified atom stereocenters. The molecule has 4 rings (SSSR count). The lowest BCUT2D eigenvalue weighted by atomic mass is 10.1. The molecule has 2 aromatic heterocycles. The van der Waals surface area contributed by atoms with E-state index in [0.717, 1.165) is 27.4 Å². The molecule has 7 heteroatoms. The molecular weight excluding hydrogens is 394 g/mol. The number of fused-ring (bicyclic) bond motifs is 3. The zero-order chi connectivity index (χ0) is 22.0. The van der Waals surface area contributed by atoms with E-state index >= 15 is 0 Å². The summed E-state index contributed by atoms with van der Waals surface area (Å²) in [6, 6.07) is 16.4. The molecule has 2 N–H and O–H groups in total. The minimum absolute atomic E-state index is 0.203. The molecule has 0 spiro atoms. The number of esters is 1. The van der Waals surface area contributed by atoms with Gasteiger partial charge in [-0.3, -0.25) is 4.79 Å². The summed E-state index contributed by atoms with van der Waals surface area (Å²) >= 11 is 0. The lowest BCUT2D eigenvalue weighted by molar-refractivity contribution is -0.142. The molecule has 0 saturated heterocycles. The van der Waals surface area contributed by atoms with E-state index in [2.05, 4.69) is 15.3 Å². The van der Waals surface area contributed by atoms with Crippen LogP contribution in [0.3, 0.4) is 0 Å². The Morgan fingerprint density at radius 1 is 1.10 bits per heavy atom. The van der Waals surface area contributed by atoms with E-state index in [1.165, 1.54) is 7.11 Å². The molecule has 0 aliphatic rings. The summed E-state index contributed by atoms with van der Waals surface area (Å²) in [7, 11) is 1.28. The van der Waals surface area contributed by atoms with Crippen LogP contribution in [-0.2, 0) is 9.53 Å². The molecule has 0 aliphatic heterocycles. The summed E-state index contributed by atoms with van der Waals surface area (Å²) < 4.78 is 10.5. The Kier molecular flexibility index (Phi) is 5.58. The number of aromatic amines is 1. The van der Waals surface area contributed by atoms with E-state index in [-0.39, 0.29) is 5.69 Å². The predicted octanol–water partition coefficient (Wildman–Crippen LogP) is 4.07. The maximum absolute atomic E-state index is 12.9. The average molecular weight is 417 g/mol. The first kappa shape index (κ1) is 20.4. The number of carbonyl (C=O) groups excluding carboxylic acids is 2. The van der Waals surface area contributed by atoms with Crippen molar-refractivity contribution in [2.45, 2.75) is 19.9 Å². The monoisotopic (exact) mass is 417 g/mol. The molecule has 2 heterocycles. The molecule has 158 valence electrons. The van der Waals surface area contributed by atoms with Gasteiger partial charge in [0.25, 0.3) is 5.91 Å². The minimum Gasteiger partial charge on any atom is -0.493 e. The summed E-state index contributed by atoms with van der Waals surface area (Å²) in [6.45, 7) is 3.99. The largest absolute Gasteiger partial charge is 0.493 e. The van der Waals surface area contributed by atoms with Crippen molar-refractivity contribution in [3.05, 3.63) is 60.3 Å².